The van der Waals surface area contributed by atoms with Gasteiger partial charge in [-0.25, -0.2) is 0 Å². The number of aliphatic hydroxyl groups is 1. The third-order valence-corrected chi connectivity index (χ3v) is 3.94. The SMILES string of the molecule is OC[C@@H](Cc1c[nH]c2ccccc12)NC1CCC1. The quantitative estimate of drug-likeness (QED) is 0.755. The van der Waals surface area contributed by atoms with E-state index in [0.29, 0.717) is 6.04 Å². The fourth-order valence-corrected chi connectivity index (χ4v) is 2.65. The Bertz CT molecular complexity index is 516. The highest BCUT2D eigenvalue weighted by Crippen LogP contribution is 2.22. The van der Waals surface area contributed by atoms with Gasteiger partial charge in [0, 0.05) is 29.2 Å². The van der Waals surface area contributed by atoms with Crippen molar-refractivity contribution in [3.8, 4) is 0 Å². The third-order valence-electron chi connectivity index (χ3n) is 3.94. The minimum absolute atomic E-state index is 0.175. The highest BCUT2D eigenvalue weighted by molar-refractivity contribution is 5.83. The van der Waals surface area contributed by atoms with Crippen LogP contribution in [0.5, 0.6) is 0 Å². The Hall–Kier alpha value is -1.32. The molecule has 0 unspecified atom stereocenters. The molecular weight excluding hydrogens is 224 g/mol. The zero-order valence-corrected chi connectivity index (χ0v) is 10.5. The molecule has 0 aliphatic heterocycles. The third kappa shape index (κ3) is 2.28. The van der Waals surface area contributed by atoms with Crippen LogP contribution < -0.4 is 5.32 Å². The van der Waals surface area contributed by atoms with Crippen LogP contribution in [-0.4, -0.2) is 28.8 Å². The van der Waals surface area contributed by atoms with Crippen LogP contribution in [0.15, 0.2) is 30.5 Å². The van der Waals surface area contributed by atoms with Crippen LogP contribution in [0.25, 0.3) is 10.9 Å². The first-order valence-electron chi connectivity index (χ1n) is 6.78. The van der Waals surface area contributed by atoms with Crippen molar-refractivity contribution in [2.45, 2.75) is 37.8 Å². The number of nitrogens with one attached hydrogen (secondary N) is 2. The molecule has 3 rings (SSSR count). The molecule has 1 heterocycles. The zero-order valence-electron chi connectivity index (χ0n) is 10.5. The maximum absolute atomic E-state index is 9.49. The maximum atomic E-state index is 9.49. The number of aliphatic hydroxyl groups excluding tert-OH is 1. The van der Waals surface area contributed by atoms with Crippen LogP contribution in [0.4, 0.5) is 0 Å². The van der Waals surface area contributed by atoms with E-state index in [9.17, 15) is 5.11 Å². The Morgan fingerprint density at radius 3 is 2.89 bits per heavy atom. The first-order chi connectivity index (χ1) is 8.86. The number of para-hydroxylation sites is 1. The van der Waals surface area contributed by atoms with Gasteiger partial charge in [0.15, 0.2) is 0 Å². The van der Waals surface area contributed by atoms with Crippen LogP contribution in [0.3, 0.4) is 0 Å². The van der Waals surface area contributed by atoms with Crippen molar-refractivity contribution in [3.63, 3.8) is 0 Å². The lowest BCUT2D eigenvalue weighted by molar-refractivity contribution is 0.207. The molecule has 0 radical (unpaired) electrons. The number of aromatic nitrogens is 1. The lowest BCUT2D eigenvalue weighted by Gasteiger charge is -2.30. The van der Waals surface area contributed by atoms with Crippen LogP contribution in [0.2, 0.25) is 0 Å². The normalized spacial score (nSPS) is 17.8. The second-order valence-corrected chi connectivity index (χ2v) is 5.24. The van der Waals surface area contributed by atoms with E-state index < -0.39 is 0 Å². The number of hydrogen-bond donors (Lipinski definition) is 3. The predicted octanol–water partition coefficient (Wildman–Crippen LogP) is 2.21. The van der Waals surface area contributed by atoms with E-state index in [1.54, 1.807) is 0 Å². The van der Waals surface area contributed by atoms with Crippen molar-refractivity contribution < 1.29 is 5.11 Å². The van der Waals surface area contributed by atoms with Crippen molar-refractivity contribution in [2.75, 3.05) is 6.61 Å². The van der Waals surface area contributed by atoms with Gasteiger partial charge in [-0.05, 0) is 30.9 Å². The Balaban J connectivity index is 1.73. The van der Waals surface area contributed by atoms with Crippen LogP contribution in [0, 0.1) is 0 Å². The molecular formula is C15H20N2O. The van der Waals surface area contributed by atoms with Crippen molar-refractivity contribution in [1.82, 2.24) is 10.3 Å². The van der Waals surface area contributed by atoms with Crippen LogP contribution >= 0.6 is 0 Å². The summed E-state index contributed by atoms with van der Waals surface area (Å²) in [6.45, 7) is 0.204. The molecule has 2 aromatic rings. The summed E-state index contributed by atoms with van der Waals surface area (Å²) in [5.74, 6) is 0. The molecule has 1 aromatic heterocycles. The fraction of sp³-hybridized carbons (Fsp3) is 0.467. The smallest absolute Gasteiger partial charge is 0.0587 e. The fourth-order valence-electron chi connectivity index (χ4n) is 2.65. The largest absolute Gasteiger partial charge is 0.395 e. The van der Waals surface area contributed by atoms with Crippen LogP contribution in [-0.2, 0) is 6.42 Å². The summed E-state index contributed by atoms with van der Waals surface area (Å²) in [5, 5.41) is 14.3. The molecule has 3 nitrogen and oxygen atoms in total. The minimum atomic E-state index is 0.175. The molecule has 0 amide bonds. The zero-order chi connectivity index (χ0) is 12.4. The molecule has 3 heteroatoms. The van der Waals surface area contributed by atoms with Gasteiger partial charge in [-0.1, -0.05) is 24.6 Å². The molecule has 1 fully saturated rings. The molecule has 18 heavy (non-hydrogen) atoms. The van der Waals surface area contributed by atoms with Crippen molar-refractivity contribution >= 4 is 10.9 Å². The topological polar surface area (TPSA) is 48.0 Å². The highest BCUT2D eigenvalue weighted by atomic mass is 16.3. The summed E-state index contributed by atoms with van der Waals surface area (Å²) < 4.78 is 0. The molecule has 1 atom stereocenters. The van der Waals surface area contributed by atoms with Gasteiger partial charge in [-0.3, -0.25) is 0 Å². The molecule has 96 valence electrons. The van der Waals surface area contributed by atoms with E-state index >= 15 is 0 Å². The van der Waals surface area contributed by atoms with E-state index in [2.05, 4.69) is 34.7 Å². The molecule has 1 aromatic carbocycles. The van der Waals surface area contributed by atoms with E-state index in [-0.39, 0.29) is 12.6 Å². The summed E-state index contributed by atoms with van der Waals surface area (Å²) in [4.78, 5) is 3.29. The molecule has 0 spiro atoms. The molecule has 1 aliphatic rings. The molecule has 1 saturated carbocycles. The lowest BCUT2D eigenvalue weighted by Crippen LogP contribution is -2.45. The standard InChI is InChI=1S/C15H20N2O/c18-10-13(17-12-4-3-5-12)8-11-9-16-15-7-2-1-6-14(11)15/h1-2,6-7,9,12-13,16-18H,3-5,8,10H2/t13-/m1/s1. The van der Waals surface area contributed by atoms with E-state index in [0.717, 1.165) is 6.42 Å². The lowest BCUT2D eigenvalue weighted by atomic mass is 9.91. The van der Waals surface area contributed by atoms with Gasteiger partial charge < -0.3 is 15.4 Å². The highest BCUT2D eigenvalue weighted by Gasteiger charge is 2.21. The number of H-pyrrole nitrogens is 1. The number of hydrogen-bond acceptors (Lipinski definition) is 2. The number of rotatable bonds is 5. The monoisotopic (exact) mass is 244 g/mol. The summed E-state index contributed by atoms with van der Waals surface area (Å²) >= 11 is 0. The molecule has 0 saturated heterocycles. The van der Waals surface area contributed by atoms with Crippen molar-refractivity contribution in [2.24, 2.45) is 0 Å². The first kappa shape index (κ1) is 11.8. The van der Waals surface area contributed by atoms with Crippen molar-refractivity contribution in [1.29, 1.82) is 0 Å². The predicted molar refractivity (Wildman–Crippen MR) is 73.7 cm³/mol. The van der Waals surface area contributed by atoms with E-state index in [4.69, 9.17) is 0 Å². The Labute approximate surface area is 107 Å². The first-order valence-corrected chi connectivity index (χ1v) is 6.78. The van der Waals surface area contributed by atoms with E-state index in [1.807, 2.05) is 6.07 Å². The van der Waals surface area contributed by atoms with Gasteiger partial charge in [0.2, 0.25) is 0 Å². The second-order valence-electron chi connectivity index (χ2n) is 5.24. The number of aromatic amines is 1. The average molecular weight is 244 g/mol. The molecule has 0 bridgehead atoms. The number of fused-ring (bicyclic) bond motifs is 1. The van der Waals surface area contributed by atoms with Gasteiger partial charge in [-0.15, -0.1) is 0 Å². The van der Waals surface area contributed by atoms with Gasteiger partial charge in [-0.2, -0.15) is 0 Å². The number of benzene rings is 1. The maximum Gasteiger partial charge on any atom is 0.0587 e. The van der Waals surface area contributed by atoms with Gasteiger partial charge in [0.05, 0.1) is 6.61 Å². The minimum Gasteiger partial charge on any atom is -0.395 e. The van der Waals surface area contributed by atoms with Crippen LogP contribution in [0.1, 0.15) is 24.8 Å². The average Bonchev–Trinajstić information content (AvgIpc) is 2.75. The second kappa shape index (κ2) is 5.12. The van der Waals surface area contributed by atoms with Gasteiger partial charge >= 0.3 is 0 Å². The Kier molecular flexibility index (Phi) is 3.35. The molecule has 3 N–H and O–H groups in total. The summed E-state index contributed by atoms with van der Waals surface area (Å²) in [7, 11) is 0. The Morgan fingerprint density at radius 2 is 2.17 bits per heavy atom. The summed E-state index contributed by atoms with van der Waals surface area (Å²) in [6, 6.07) is 9.12. The van der Waals surface area contributed by atoms with Gasteiger partial charge in [0.25, 0.3) is 0 Å². The molecule has 1 aliphatic carbocycles. The summed E-state index contributed by atoms with van der Waals surface area (Å²) in [5.41, 5.74) is 2.46. The van der Waals surface area contributed by atoms with Gasteiger partial charge in [0.1, 0.15) is 0 Å². The Morgan fingerprint density at radius 1 is 1.33 bits per heavy atom. The summed E-state index contributed by atoms with van der Waals surface area (Å²) in [6.07, 6.45) is 6.78. The van der Waals surface area contributed by atoms with E-state index in [1.165, 1.54) is 35.7 Å². The van der Waals surface area contributed by atoms with Crippen molar-refractivity contribution in [3.05, 3.63) is 36.0 Å².